The van der Waals surface area contributed by atoms with E-state index in [1.807, 2.05) is 21.8 Å². The number of halogens is 1. The lowest BCUT2D eigenvalue weighted by atomic mass is 9.97. The molecular weight excluding hydrogens is 312 g/mol. The first-order valence-corrected chi connectivity index (χ1v) is 8.68. The first-order valence-electron chi connectivity index (χ1n) is 8.68. The highest BCUT2D eigenvalue weighted by molar-refractivity contribution is 5.92. The highest BCUT2D eigenvalue weighted by Crippen LogP contribution is 2.24. The number of likely N-dealkylation sites (tertiary alicyclic amines) is 1. The topological polar surface area (TPSA) is 50.2 Å². The molecule has 1 aromatic rings. The molecule has 0 bridgehead atoms. The Morgan fingerprint density at radius 3 is 2.96 bits per heavy atom. The molecule has 2 saturated heterocycles. The lowest BCUT2D eigenvalue weighted by molar-refractivity contribution is 0.0778. The molecular formula is C17H29ClN4O. The molecule has 1 amide bonds. The van der Waals surface area contributed by atoms with Gasteiger partial charge in [0.15, 0.2) is 0 Å². The molecule has 2 aliphatic heterocycles. The van der Waals surface area contributed by atoms with Gasteiger partial charge in [0.2, 0.25) is 0 Å². The molecule has 0 radical (unpaired) electrons. The second-order valence-electron chi connectivity index (χ2n) is 7.22. The van der Waals surface area contributed by atoms with Crippen LogP contribution in [0, 0.1) is 11.8 Å². The molecule has 3 heterocycles. The third kappa shape index (κ3) is 4.48. The zero-order valence-electron chi connectivity index (χ0n) is 14.2. The van der Waals surface area contributed by atoms with Gasteiger partial charge in [-0.1, -0.05) is 13.8 Å². The van der Waals surface area contributed by atoms with E-state index in [2.05, 4.69) is 24.3 Å². The minimum absolute atomic E-state index is 0. The maximum Gasteiger partial charge on any atom is 0.274 e. The first kappa shape index (κ1) is 18.3. The second kappa shape index (κ2) is 8.15. The van der Waals surface area contributed by atoms with E-state index in [1.165, 1.54) is 12.8 Å². The number of rotatable bonds is 4. The Labute approximate surface area is 145 Å². The summed E-state index contributed by atoms with van der Waals surface area (Å²) in [5, 5.41) is 7.94. The fraction of sp³-hybridized carbons (Fsp3) is 0.765. The van der Waals surface area contributed by atoms with Gasteiger partial charge in [0.1, 0.15) is 5.69 Å². The minimum Gasteiger partial charge on any atom is -0.337 e. The van der Waals surface area contributed by atoms with Crippen LogP contribution >= 0.6 is 12.4 Å². The van der Waals surface area contributed by atoms with Crippen molar-refractivity contribution in [2.75, 3.05) is 26.2 Å². The van der Waals surface area contributed by atoms with Gasteiger partial charge in [-0.15, -0.1) is 12.4 Å². The molecule has 5 nitrogen and oxygen atoms in total. The van der Waals surface area contributed by atoms with Crippen molar-refractivity contribution in [1.29, 1.82) is 0 Å². The predicted octanol–water partition coefficient (Wildman–Crippen LogP) is 2.74. The fourth-order valence-corrected chi connectivity index (χ4v) is 3.75. The Balaban J connectivity index is 0.00000192. The summed E-state index contributed by atoms with van der Waals surface area (Å²) in [7, 11) is 0. The summed E-state index contributed by atoms with van der Waals surface area (Å²) in [5.41, 5.74) is 0.607. The number of piperidine rings is 1. The fourth-order valence-electron chi connectivity index (χ4n) is 3.75. The van der Waals surface area contributed by atoms with Crippen LogP contribution in [-0.2, 0) is 0 Å². The van der Waals surface area contributed by atoms with E-state index in [1.54, 1.807) is 0 Å². The molecule has 0 aromatic carbocycles. The zero-order valence-corrected chi connectivity index (χ0v) is 15.0. The van der Waals surface area contributed by atoms with E-state index >= 15 is 0 Å². The molecule has 6 heteroatoms. The van der Waals surface area contributed by atoms with Crippen LogP contribution in [0.25, 0.3) is 0 Å². The van der Waals surface area contributed by atoms with Gasteiger partial charge in [-0.3, -0.25) is 9.48 Å². The smallest absolute Gasteiger partial charge is 0.274 e. The van der Waals surface area contributed by atoms with Crippen LogP contribution in [0.5, 0.6) is 0 Å². The highest BCUT2D eigenvalue weighted by atomic mass is 35.5. The molecule has 1 aromatic heterocycles. The molecule has 130 valence electrons. The monoisotopic (exact) mass is 340 g/mol. The SMILES string of the molecule is CC(C)CC1CCN(C(=O)c2ccn(C3CCCNC3)n2)C1.Cl. The summed E-state index contributed by atoms with van der Waals surface area (Å²) in [6.45, 7) is 8.34. The Bertz CT molecular complexity index is 510. The van der Waals surface area contributed by atoms with Gasteiger partial charge >= 0.3 is 0 Å². The number of carbonyl (C=O) groups excluding carboxylic acids is 1. The van der Waals surface area contributed by atoms with Crippen molar-refractivity contribution in [2.45, 2.75) is 45.6 Å². The Morgan fingerprint density at radius 1 is 1.43 bits per heavy atom. The summed E-state index contributed by atoms with van der Waals surface area (Å²) in [5.74, 6) is 1.47. The van der Waals surface area contributed by atoms with Crippen molar-refractivity contribution in [3.8, 4) is 0 Å². The molecule has 0 aliphatic carbocycles. The van der Waals surface area contributed by atoms with E-state index in [-0.39, 0.29) is 18.3 Å². The lowest BCUT2D eigenvalue weighted by Gasteiger charge is -2.23. The number of hydrogen-bond acceptors (Lipinski definition) is 3. The number of aromatic nitrogens is 2. The van der Waals surface area contributed by atoms with Gasteiger partial charge in [0.05, 0.1) is 6.04 Å². The number of hydrogen-bond donors (Lipinski definition) is 1. The lowest BCUT2D eigenvalue weighted by Crippen LogP contribution is -2.32. The maximum absolute atomic E-state index is 12.6. The molecule has 2 atom stereocenters. The summed E-state index contributed by atoms with van der Waals surface area (Å²) >= 11 is 0. The standard InChI is InChI=1S/C17H28N4O.ClH/c1-13(2)10-14-5-8-20(12-14)17(22)16-6-9-21(19-16)15-4-3-7-18-11-15;/h6,9,13-15,18H,3-5,7-8,10-12H2,1-2H3;1H. The highest BCUT2D eigenvalue weighted by Gasteiger charge is 2.28. The second-order valence-corrected chi connectivity index (χ2v) is 7.22. The van der Waals surface area contributed by atoms with Crippen LogP contribution in [0.15, 0.2) is 12.3 Å². The van der Waals surface area contributed by atoms with Crippen molar-refractivity contribution in [3.63, 3.8) is 0 Å². The van der Waals surface area contributed by atoms with Gasteiger partial charge in [-0.25, -0.2) is 0 Å². The Morgan fingerprint density at radius 2 is 2.26 bits per heavy atom. The molecule has 2 aliphatic rings. The maximum atomic E-state index is 12.6. The average Bonchev–Trinajstić information content (AvgIpc) is 3.16. The van der Waals surface area contributed by atoms with Crippen LogP contribution in [-0.4, -0.2) is 46.8 Å². The van der Waals surface area contributed by atoms with Crippen LogP contribution in [0.4, 0.5) is 0 Å². The van der Waals surface area contributed by atoms with Crippen molar-refractivity contribution in [2.24, 2.45) is 11.8 Å². The van der Waals surface area contributed by atoms with Gasteiger partial charge in [-0.2, -0.15) is 5.10 Å². The number of nitrogens with zero attached hydrogens (tertiary/aromatic N) is 3. The van der Waals surface area contributed by atoms with E-state index in [4.69, 9.17) is 0 Å². The van der Waals surface area contributed by atoms with E-state index in [9.17, 15) is 4.79 Å². The molecule has 1 N–H and O–H groups in total. The molecule has 3 rings (SSSR count). The normalized spacial score (nSPS) is 24.7. The minimum atomic E-state index is 0. The van der Waals surface area contributed by atoms with Gasteiger partial charge < -0.3 is 10.2 Å². The number of carbonyl (C=O) groups is 1. The molecule has 0 saturated carbocycles. The van der Waals surface area contributed by atoms with Crippen LogP contribution in [0.1, 0.15) is 56.1 Å². The van der Waals surface area contributed by atoms with Crippen LogP contribution in [0.2, 0.25) is 0 Å². The van der Waals surface area contributed by atoms with Gasteiger partial charge in [-0.05, 0) is 50.1 Å². The van der Waals surface area contributed by atoms with Crippen molar-refractivity contribution in [1.82, 2.24) is 20.0 Å². The van der Waals surface area contributed by atoms with Gasteiger partial charge in [0.25, 0.3) is 5.91 Å². The number of amides is 1. The predicted molar refractivity (Wildman–Crippen MR) is 94.1 cm³/mol. The summed E-state index contributed by atoms with van der Waals surface area (Å²) in [6, 6.07) is 2.27. The van der Waals surface area contributed by atoms with E-state index in [0.717, 1.165) is 39.0 Å². The van der Waals surface area contributed by atoms with Crippen LogP contribution in [0.3, 0.4) is 0 Å². The summed E-state index contributed by atoms with van der Waals surface area (Å²) in [4.78, 5) is 14.6. The summed E-state index contributed by atoms with van der Waals surface area (Å²) < 4.78 is 1.97. The van der Waals surface area contributed by atoms with Crippen LogP contribution < -0.4 is 5.32 Å². The molecule has 0 spiro atoms. The summed E-state index contributed by atoms with van der Waals surface area (Å²) in [6.07, 6.45) is 6.63. The van der Waals surface area contributed by atoms with E-state index < -0.39 is 0 Å². The van der Waals surface area contributed by atoms with Crippen molar-refractivity contribution in [3.05, 3.63) is 18.0 Å². The Hall–Kier alpha value is -1.07. The third-order valence-electron chi connectivity index (χ3n) is 4.85. The Kier molecular flexibility index (Phi) is 6.48. The zero-order chi connectivity index (χ0) is 15.5. The number of nitrogens with one attached hydrogen (secondary N) is 1. The largest absolute Gasteiger partial charge is 0.337 e. The van der Waals surface area contributed by atoms with Crippen molar-refractivity contribution >= 4 is 18.3 Å². The quantitative estimate of drug-likeness (QED) is 0.916. The first-order chi connectivity index (χ1) is 10.6. The molecule has 2 unspecified atom stereocenters. The third-order valence-corrected chi connectivity index (χ3v) is 4.85. The van der Waals surface area contributed by atoms with Crippen molar-refractivity contribution < 1.29 is 4.79 Å². The van der Waals surface area contributed by atoms with Gasteiger partial charge in [0, 0.05) is 25.8 Å². The van der Waals surface area contributed by atoms with E-state index in [0.29, 0.717) is 23.6 Å². The molecule has 2 fully saturated rings. The molecule has 23 heavy (non-hydrogen) atoms. The average molecular weight is 341 g/mol.